The summed E-state index contributed by atoms with van der Waals surface area (Å²) in [5, 5.41) is 12.9. The Morgan fingerprint density at radius 2 is 1.85 bits per heavy atom. The third-order valence-corrected chi connectivity index (χ3v) is 7.96. The largest absolute Gasteiger partial charge is 0.494 e. The number of aliphatic hydroxyl groups is 1. The van der Waals surface area contributed by atoms with Gasteiger partial charge in [0.05, 0.1) is 13.2 Å². The summed E-state index contributed by atoms with van der Waals surface area (Å²) >= 11 is 3.51. The zero-order chi connectivity index (χ0) is 28.7. The van der Waals surface area contributed by atoms with Crippen molar-refractivity contribution in [2.24, 2.45) is 10.1 Å². The summed E-state index contributed by atoms with van der Waals surface area (Å²) in [4.78, 5) is 24.5. The minimum atomic E-state index is -1.27. The lowest BCUT2D eigenvalue weighted by molar-refractivity contribution is -0.138. The molecule has 0 radical (unpaired) electrons. The quantitative estimate of drug-likeness (QED) is 0.120. The lowest BCUT2D eigenvalue weighted by atomic mass is 9.80. The molecule has 0 bridgehead atoms. The van der Waals surface area contributed by atoms with Gasteiger partial charge in [0.1, 0.15) is 5.75 Å². The van der Waals surface area contributed by atoms with Gasteiger partial charge in [-0.15, -0.1) is 0 Å². The van der Waals surface area contributed by atoms with Crippen molar-refractivity contribution >= 4 is 27.7 Å². The molecule has 2 heterocycles. The molecule has 1 fully saturated rings. The van der Waals surface area contributed by atoms with E-state index in [4.69, 9.17) is 25.1 Å². The van der Waals surface area contributed by atoms with Crippen LogP contribution in [0, 0.1) is 0 Å². The molecule has 0 unspecified atom stereocenters. The first-order chi connectivity index (χ1) is 20.0. The summed E-state index contributed by atoms with van der Waals surface area (Å²) in [6, 6.07) is 22.9. The molecule has 1 N–H and O–H groups in total. The Hall–Kier alpha value is -3.85. The van der Waals surface area contributed by atoms with Crippen LogP contribution < -0.4 is 4.74 Å². The van der Waals surface area contributed by atoms with E-state index in [0.717, 1.165) is 39.6 Å². The number of likely N-dealkylation sites (tertiary alicyclic amines) is 1. The van der Waals surface area contributed by atoms with E-state index in [9.17, 15) is 4.79 Å². The average molecular weight is 619 g/mol. The molecule has 212 valence electrons. The van der Waals surface area contributed by atoms with Gasteiger partial charge in [0, 0.05) is 47.5 Å². The lowest BCUT2D eigenvalue weighted by Crippen LogP contribution is -2.51. The molecule has 2 aliphatic heterocycles. The molecule has 3 aromatic rings. The van der Waals surface area contributed by atoms with Crippen LogP contribution in [0.3, 0.4) is 0 Å². The minimum Gasteiger partial charge on any atom is -0.494 e. The molecule has 0 aromatic heterocycles. The number of rotatable bonds is 11. The van der Waals surface area contributed by atoms with E-state index in [1.54, 1.807) is 0 Å². The Bertz CT molecular complexity index is 1430. The zero-order valence-electron chi connectivity index (χ0n) is 22.7. The van der Waals surface area contributed by atoms with Crippen LogP contribution in [-0.4, -0.2) is 53.7 Å². The molecule has 1 amide bonds. The fourth-order valence-corrected chi connectivity index (χ4v) is 5.66. The van der Waals surface area contributed by atoms with Gasteiger partial charge < -0.3 is 19.5 Å². The van der Waals surface area contributed by atoms with Crippen LogP contribution in [0.2, 0.25) is 0 Å². The molecule has 9 nitrogen and oxygen atoms in total. The number of azide groups is 1. The standard InChI is InChI=1S/C31H32BrN5O4/c32-25-12-8-22(9-13-25)20-31(30(39)37-16-3-4-17-37)28(27-7-2-1-6-24(27)21-34-36-33)41-29(35-31)23-10-14-26(15-11-23)40-19-5-18-38/h1-2,6-15,28,38H,3-5,16-21H2/t28-,31-/m1/s1. The number of carbonyl (C=O) groups is 1. The van der Waals surface area contributed by atoms with E-state index >= 15 is 0 Å². The molecular weight excluding hydrogens is 586 g/mol. The van der Waals surface area contributed by atoms with Crippen molar-refractivity contribution in [1.29, 1.82) is 0 Å². The number of benzene rings is 3. The molecule has 3 aromatic carbocycles. The first kappa shape index (κ1) is 28.7. The predicted octanol–water partition coefficient (Wildman–Crippen LogP) is 6.14. The second-order valence-corrected chi connectivity index (χ2v) is 11.1. The van der Waals surface area contributed by atoms with Gasteiger partial charge in [0.15, 0.2) is 11.6 Å². The summed E-state index contributed by atoms with van der Waals surface area (Å²) in [7, 11) is 0. The van der Waals surface area contributed by atoms with Crippen LogP contribution in [-0.2, 0) is 22.5 Å². The van der Waals surface area contributed by atoms with Crippen LogP contribution in [0.4, 0.5) is 0 Å². The molecule has 0 spiro atoms. The maximum atomic E-state index is 14.5. The van der Waals surface area contributed by atoms with Crippen molar-refractivity contribution in [2.45, 2.75) is 43.9 Å². The average Bonchev–Trinajstić information content (AvgIpc) is 3.67. The number of amides is 1. The molecule has 2 atom stereocenters. The molecule has 41 heavy (non-hydrogen) atoms. The van der Waals surface area contributed by atoms with E-state index in [1.165, 1.54) is 0 Å². The molecule has 2 aliphatic rings. The third kappa shape index (κ3) is 6.40. The summed E-state index contributed by atoms with van der Waals surface area (Å²) < 4.78 is 13.3. The normalized spacial score (nSPS) is 19.8. The van der Waals surface area contributed by atoms with Crippen LogP contribution >= 0.6 is 15.9 Å². The number of halogens is 1. The SMILES string of the molecule is [N-]=[N+]=NCc1ccccc1[C@H]1OC(c2ccc(OCCCO)cc2)=N[C@@]1(Cc1ccc(Br)cc1)C(=O)N1CCCC1. The Morgan fingerprint density at radius 1 is 1.12 bits per heavy atom. The monoisotopic (exact) mass is 617 g/mol. The molecule has 5 rings (SSSR count). The van der Waals surface area contributed by atoms with Gasteiger partial charge in [-0.05, 0) is 71.5 Å². The van der Waals surface area contributed by atoms with Gasteiger partial charge in [-0.2, -0.15) is 0 Å². The number of nitrogens with zero attached hydrogens (tertiary/aromatic N) is 5. The molecule has 1 saturated heterocycles. The molecular formula is C31H32BrN5O4. The van der Waals surface area contributed by atoms with Gasteiger partial charge in [-0.25, -0.2) is 4.99 Å². The second-order valence-electron chi connectivity index (χ2n) is 10.2. The van der Waals surface area contributed by atoms with E-state index in [1.807, 2.05) is 77.7 Å². The van der Waals surface area contributed by atoms with Crippen LogP contribution in [0.5, 0.6) is 5.75 Å². The fraction of sp³-hybridized carbons (Fsp3) is 0.355. The van der Waals surface area contributed by atoms with E-state index < -0.39 is 11.6 Å². The van der Waals surface area contributed by atoms with Crippen molar-refractivity contribution in [2.75, 3.05) is 26.3 Å². The maximum absolute atomic E-state index is 14.5. The Balaban J connectivity index is 1.61. The van der Waals surface area contributed by atoms with Gasteiger partial charge in [-0.3, -0.25) is 4.79 Å². The number of hydrogen-bond acceptors (Lipinski definition) is 6. The van der Waals surface area contributed by atoms with Crippen molar-refractivity contribution < 1.29 is 19.4 Å². The number of hydrogen-bond donors (Lipinski definition) is 1. The van der Waals surface area contributed by atoms with Crippen LogP contribution in [0.1, 0.15) is 47.6 Å². The summed E-state index contributed by atoms with van der Waals surface area (Å²) in [5.41, 5.74) is 11.0. The Morgan fingerprint density at radius 3 is 2.56 bits per heavy atom. The van der Waals surface area contributed by atoms with Crippen molar-refractivity contribution in [3.05, 3.63) is 110 Å². The fourth-order valence-electron chi connectivity index (χ4n) is 5.39. The highest BCUT2D eigenvalue weighted by atomic mass is 79.9. The van der Waals surface area contributed by atoms with E-state index in [-0.39, 0.29) is 19.1 Å². The number of carbonyl (C=O) groups excluding carboxylic acids is 1. The summed E-state index contributed by atoms with van der Waals surface area (Å²) in [5.74, 6) is 0.979. The first-order valence-electron chi connectivity index (χ1n) is 13.8. The predicted molar refractivity (Wildman–Crippen MR) is 160 cm³/mol. The highest BCUT2D eigenvalue weighted by Gasteiger charge is 2.55. The van der Waals surface area contributed by atoms with Crippen molar-refractivity contribution in [1.82, 2.24) is 4.90 Å². The molecule has 10 heteroatoms. The molecule has 0 saturated carbocycles. The van der Waals surface area contributed by atoms with Crippen molar-refractivity contribution in [3.63, 3.8) is 0 Å². The van der Waals surface area contributed by atoms with Gasteiger partial charge >= 0.3 is 0 Å². The summed E-state index contributed by atoms with van der Waals surface area (Å²) in [6.07, 6.45) is 2.05. The number of aliphatic imine (C=N–C) groups is 1. The van der Waals surface area contributed by atoms with E-state index in [0.29, 0.717) is 44.2 Å². The highest BCUT2D eigenvalue weighted by Crippen LogP contribution is 2.45. The first-order valence-corrected chi connectivity index (χ1v) is 14.6. The molecule has 0 aliphatic carbocycles. The third-order valence-electron chi connectivity index (χ3n) is 7.43. The van der Waals surface area contributed by atoms with Crippen LogP contribution in [0.15, 0.2) is 87.4 Å². The zero-order valence-corrected chi connectivity index (χ0v) is 24.2. The highest BCUT2D eigenvalue weighted by molar-refractivity contribution is 9.10. The van der Waals surface area contributed by atoms with Gasteiger partial charge in [0.25, 0.3) is 5.91 Å². The smallest absolute Gasteiger partial charge is 0.255 e. The number of aliphatic hydroxyl groups excluding tert-OH is 1. The van der Waals surface area contributed by atoms with Crippen LogP contribution in [0.25, 0.3) is 10.4 Å². The van der Waals surface area contributed by atoms with Crippen molar-refractivity contribution in [3.8, 4) is 5.75 Å². The van der Waals surface area contributed by atoms with E-state index in [2.05, 4.69) is 26.0 Å². The Labute approximate surface area is 247 Å². The lowest BCUT2D eigenvalue weighted by Gasteiger charge is -2.34. The topological polar surface area (TPSA) is 120 Å². The number of ether oxygens (including phenoxy) is 2. The maximum Gasteiger partial charge on any atom is 0.255 e. The Kier molecular flexibility index (Phi) is 9.24. The summed E-state index contributed by atoms with van der Waals surface area (Å²) in [6.45, 7) is 1.97. The van der Waals surface area contributed by atoms with Gasteiger partial charge in [-0.1, -0.05) is 57.4 Å². The minimum absolute atomic E-state index is 0.0662. The van der Waals surface area contributed by atoms with Gasteiger partial charge in [0.2, 0.25) is 5.90 Å². The second kappa shape index (κ2) is 13.2.